The number of nitrogens with zero attached hydrogens (tertiary/aromatic N) is 2. The number of hydrogen-bond acceptors (Lipinski definition) is 4. The van der Waals surface area contributed by atoms with Crippen molar-refractivity contribution in [3.63, 3.8) is 0 Å². The predicted octanol–water partition coefficient (Wildman–Crippen LogP) is 1.69. The van der Waals surface area contributed by atoms with E-state index < -0.39 is 24.0 Å². The fourth-order valence-electron chi connectivity index (χ4n) is 3.05. The summed E-state index contributed by atoms with van der Waals surface area (Å²) in [4.78, 5) is 43.1. The smallest absolute Gasteiger partial charge is 0.272 e. The van der Waals surface area contributed by atoms with Crippen LogP contribution in [0.25, 0.3) is 0 Å². The summed E-state index contributed by atoms with van der Waals surface area (Å²) in [6.07, 6.45) is -1.13. The van der Waals surface area contributed by atoms with Gasteiger partial charge in [-0.15, -0.1) is 11.6 Å². The molecule has 0 aliphatic carbocycles. The summed E-state index contributed by atoms with van der Waals surface area (Å²) in [7, 11) is 1.64. The van der Waals surface area contributed by atoms with Gasteiger partial charge in [-0.3, -0.25) is 14.4 Å². The number of aliphatic imine (C=N–C) groups is 1. The predicted molar refractivity (Wildman–Crippen MR) is 112 cm³/mol. The van der Waals surface area contributed by atoms with E-state index in [4.69, 9.17) is 11.6 Å². The first kappa shape index (κ1) is 20.5. The third-order valence-electron chi connectivity index (χ3n) is 4.56. The molecule has 7 nitrogen and oxygen atoms in total. The van der Waals surface area contributed by atoms with Crippen LogP contribution in [0.5, 0.6) is 0 Å². The van der Waals surface area contributed by atoms with E-state index in [9.17, 15) is 14.4 Å². The number of carbonyl (C=O) groups excluding carboxylic acids is 3. The van der Waals surface area contributed by atoms with Crippen LogP contribution in [0, 0.1) is 0 Å². The Balaban J connectivity index is 1.98. The van der Waals surface area contributed by atoms with Gasteiger partial charge in [0.2, 0.25) is 18.0 Å². The molecule has 3 rings (SSSR count). The highest BCUT2D eigenvalue weighted by molar-refractivity contribution is 6.27. The summed E-state index contributed by atoms with van der Waals surface area (Å²) in [6.45, 7) is 1.52. The van der Waals surface area contributed by atoms with Gasteiger partial charge in [-0.1, -0.05) is 48.5 Å². The molecular weight excluding hydrogens is 392 g/mol. The molecule has 1 unspecified atom stereocenters. The van der Waals surface area contributed by atoms with Crippen molar-refractivity contribution >= 4 is 40.7 Å². The number of benzene rings is 2. The molecule has 2 N–H and O–H groups in total. The average molecular weight is 413 g/mol. The summed E-state index contributed by atoms with van der Waals surface area (Å²) in [5.74, 6) is -1.64. The van der Waals surface area contributed by atoms with E-state index in [0.29, 0.717) is 11.4 Å². The first-order valence-corrected chi connectivity index (χ1v) is 9.61. The number of nitrogens with one attached hydrogen (secondary N) is 2. The van der Waals surface area contributed by atoms with Crippen LogP contribution in [0.15, 0.2) is 59.6 Å². The first-order valence-electron chi connectivity index (χ1n) is 9.08. The second-order valence-corrected chi connectivity index (χ2v) is 6.86. The summed E-state index contributed by atoms with van der Waals surface area (Å²) < 4.78 is 0. The molecule has 8 heteroatoms. The number of alkyl halides is 1. The quantitative estimate of drug-likeness (QED) is 0.732. The second kappa shape index (κ2) is 8.87. The van der Waals surface area contributed by atoms with Crippen LogP contribution in [0.2, 0.25) is 0 Å². The number of hydrogen-bond donors (Lipinski definition) is 2. The zero-order chi connectivity index (χ0) is 21.0. The lowest BCUT2D eigenvalue weighted by Crippen LogP contribution is -2.52. The van der Waals surface area contributed by atoms with Crippen LogP contribution in [0.1, 0.15) is 18.1 Å². The molecular formula is C21H21ClN4O3. The fourth-order valence-corrected chi connectivity index (χ4v) is 3.12. The lowest BCUT2D eigenvalue weighted by atomic mass is 10.0. The van der Waals surface area contributed by atoms with E-state index in [0.717, 1.165) is 11.1 Å². The molecule has 1 aliphatic heterocycles. The third-order valence-corrected chi connectivity index (χ3v) is 4.80. The van der Waals surface area contributed by atoms with E-state index in [2.05, 4.69) is 15.6 Å². The Morgan fingerprint density at radius 1 is 1.14 bits per heavy atom. The average Bonchev–Trinajstić information content (AvgIpc) is 2.85. The number of fused-ring (bicyclic) bond motifs is 1. The number of anilines is 1. The van der Waals surface area contributed by atoms with Crippen molar-refractivity contribution in [1.29, 1.82) is 0 Å². The lowest BCUT2D eigenvalue weighted by molar-refractivity contribution is -0.130. The zero-order valence-corrected chi connectivity index (χ0v) is 16.8. The maximum atomic E-state index is 13.0. The number of halogens is 1. The fraction of sp³-hybridized carbons (Fsp3) is 0.238. The SMILES string of the molecule is C[C@H](NC(=O)CCl)C(=O)NC1N=C(c2ccccc2)c2ccccc2N(C)C1=O. The molecule has 2 aromatic carbocycles. The van der Waals surface area contributed by atoms with E-state index in [1.165, 1.54) is 11.8 Å². The van der Waals surface area contributed by atoms with Crippen LogP contribution >= 0.6 is 11.6 Å². The van der Waals surface area contributed by atoms with E-state index in [1.807, 2.05) is 54.6 Å². The van der Waals surface area contributed by atoms with Crippen LogP contribution in [-0.4, -0.2) is 48.6 Å². The largest absolute Gasteiger partial charge is 0.344 e. The Morgan fingerprint density at radius 2 is 1.79 bits per heavy atom. The van der Waals surface area contributed by atoms with Crippen molar-refractivity contribution in [3.8, 4) is 0 Å². The van der Waals surface area contributed by atoms with Gasteiger partial charge in [-0.2, -0.15) is 0 Å². The molecule has 2 atom stereocenters. The third kappa shape index (κ3) is 4.46. The molecule has 0 bridgehead atoms. The summed E-state index contributed by atoms with van der Waals surface area (Å²) in [6, 6.07) is 16.0. The Hall–Kier alpha value is -3.19. The molecule has 0 saturated carbocycles. The van der Waals surface area contributed by atoms with Gasteiger partial charge in [0, 0.05) is 18.2 Å². The number of carbonyl (C=O) groups is 3. The molecule has 0 spiro atoms. The standard InChI is InChI=1S/C21H21ClN4O3/c1-13(23-17(27)12-22)20(28)25-19-21(29)26(2)16-11-7-6-10-15(16)18(24-19)14-8-4-3-5-9-14/h3-11,13,19H,12H2,1-2H3,(H,23,27)(H,25,28)/t13-,19?/m0/s1. The van der Waals surface area contributed by atoms with Crippen molar-refractivity contribution in [2.75, 3.05) is 17.8 Å². The minimum Gasteiger partial charge on any atom is -0.344 e. The molecule has 1 heterocycles. The number of benzodiazepines with no additional fused rings is 1. The second-order valence-electron chi connectivity index (χ2n) is 6.59. The Labute approximate surface area is 173 Å². The Kier molecular flexibility index (Phi) is 6.29. The highest BCUT2D eigenvalue weighted by Gasteiger charge is 2.31. The minimum atomic E-state index is -1.13. The molecule has 2 aromatic rings. The molecule has 0 radical (unpaired) electrons. The molecule has 0 saturated heterocycles. The van der Waals surface area contributed by atoms with Crippen molar-refractivity contribution in [3.05, 3.63) is 65.7 Å². The van der Waals surface area contributed by atoms with Crippen molar-refractivity contribution < 1.29 is 14.4 Å². The number of likely N-dealkylation sites (N-methyl/N-ethyl adjacent to an activating group) is 1. The van der Waals surface area contributed by atoms with Crippen LogP contribution in [-0.2, 0) is 14.4 Å². The van der Waals surface area contributed by atoms with Crippen LogP contribution < -0.4 is 15.5 Å². The normalized spacial score (nSPS) is 16.9. The van der Waals surface area contributed by atoms with Gasteiger partial charge in [-0.05, 0) is 13.0 Å². The minimum absolute atomic E-state index is 0.256. The van der Waals surface area contributed by atoms with Gasteiger partial charge in [0.05, 0.1) is 11.4 Å². The van der Waals surface area contributed by atoms with Gasteiger partial charge < -0.3 is 15.5 Å². The summed E-state index contributed by atoms with van der Waals surface area (Å²) in [5, 5.41) is 5.09. The Morgan fingerprint density at radius 3 is 2.48 bits per heavy atom. The number of amides is 3. The van der Waals surface area contributed by atoms with Gasteiger partial charge in [0.15, 0.2) is 0 Å². The van der Waals surface area contributed by atoms with Crippen LogP contribution in [0.4, 0.5) is 5.69 Å². The van der Waals surface area contributed by atoms with Crippen molar-refractivity contribution in [2.24, 2.45) is 4.99 Å². The van der Waals surface area contributed by atoms with Gasteiger partial charge in [0.1, 0.15) is 11.9 Å². The van der Waals surface area contributed by atoms with Gasteiger partial charge >= 0.3 is 0 Å². The molecule has 0 fully saturated rings. The Bertz CT molecular complexity index is 961. The van der Waals surface area contributed by atoms with Crippen molar-refractivity contribution in [1.82, 2.24) is 10.6 Å². The molecule has 1 aliphatic rings. The number of para-hydroxylation sites is 1. The number of rotatable bonds is 5. The van der Waals surface area contributed by atoms with Crippen LogP contribution in [0.3, 0.4) is 0 Å². The zero-order valence-electron chi connectivity index (χ0n) is 16.1. The molecule has 3 amide bonds. The highest BCUT2D eigenvalue weighted by Crippen LogP contribution is 2.27. The molecule has 29 heavy (non-hydrogen) atoms. The maximum Gasteiger partial charge on any atom is 0.272 e. The van der Waals surface area contributed by atoms with E-state index in [1.54, 1.807) is 7.05 Å². The van der Waals surface area contributed by atoms with Gasteiger partial charge in [-0.25, -0.2) is 4.99 Å². The monoisotopic (exact) mass is 412 g/mol. The van der Waals surface area contributed by atoms with E-state index >= 15 is 0 Å². The van der Waals surface area contributed by atoms with Gasteiger partial charge in [0.25, 0.3) is 5.91 Å². The molecule has 150 valence electrons. The summed E-state index contributed by atoms with van der Waals surface area (Å²) >= 11 is 5.47. The summed E-state index contributed by atoms with van der Waals surface area (Å²) in [5.41, 5.74) is 2.91. The van der Waals surface area contributed by atoms with Crippen molar-refractivity contribution in [2.45, 2.75) is 19.1 Å². The topological polar surface area (TPSA) is 90.9 Å². The highest BCUT2D eigenvalue weighted by atomic mass is 35.5. The maximum absolute atomic E-state index is 13.0. The molecule has 0 aromatic heterocycles. The first-order chi connectivity index (χ1) is 13.9. The van der Waals surface area contributed by atoms with E-state index in [-0.39, 0.29) is 11.8 Å². The lowest BCUT2D eigenvalue weighted by Gasteiger charge is -2.22.